The number of likely N-dealkylation sites (tertiary alicyclic amines) is 1. The Hall–Kier alpha value is -0.610. The molecule has 2 aliphatic heterocycles. The van der Waals surface area contributed by atoms with E-state index in [1.54, 1.807) is 0 Å². The topological polar surface area (TPSA) is 44.4 Å². The lowest BCUT2D eigenvalue weighted by Gasteiger charge is -2.35. The lowest BCUT2D eigenvalue weighted by molar-refractivity contribution is -0.127. The van der Waals surface area contributed by atoms with Gasteiger partial charge in [-0.15, -0.1) is 0 Å². The summed E-state index contributed by atoms with van der Waals surface area (Å²) in [7, 11) is 0. The molecule has 3 aliphatic rings. The van der Waals surface area contributed by atoms with E-state index in [1.807, 2.05) is 0 Å². The van der Waals surface area contributed by atoms with E-state index in [0.717, 1.165) is 32.0 Å². The lowest BCUT2D eigenvalue weighted by Crippen LogP contribution is -2.52. The SMILES string of the molecule is CC(C(=O)NC1CCN(C2CC2)CC1)C1CNC1. The molecule has 2 saturated heterocycles. The molecule has 0 spiro atoms. The zero-order chi connectivity index (χ0) is 12.5. The van der Waals surface area contributed by atoms with E-state index in [1.165, 1.54) is 25.9 Å². The number of nitrogens with one attached hydrogen (secondary N) is 2. The fraction of sp³-hybridized carbons (Fsp3) is 0.929. The highest BCUT2D eigenvalue weighted by Crippen LogP contribution is 2.29. The quantitative estimate of drug-likeness (QED) is 0.768. The summed E-state index contributed by atoms with van der Waals surface area (Å²) in [4.78, 5) is 14.7. The first-order valence-electron chi connectivity index (χ1n) is 7.49. The van der Waals surface area contributed by atoms with E-state index in [4.69, 9.17) is 0 Å². The van der Waals surface area contributed by atoms with Gasteiger partial charge in [0.15, 0.2) is 0 Å². The fourth-order valence-electron chi connectivity index (χ4n) is 3.06. The third kappa shape index (κ3) is 2.69. The highest BCUT2D eigenvalue weighted by atomic mass is 16.1. The van der Waals surface area contributed by atoms with Crippen LogP contribution < -0.4 is 10.6 Å². The summed E-state index contributed by atoms with van der Waals surface area (Å²) in [5.74, 6) is 0.996. The monoisotopic (exact) mass is 251 g/mol. The maximum Gasteiger partial charge on any atom is 0.223 e. The molecular formula is C14H25N3O. The van der Waals surface area contributed by atoms with Crippen molar-refractivity contribution in [2.75, 3.05) is 26.2 Å². The average Bonchev–Trinajstić information content (AvgIpc) is 3.11. The summed E-state index contributed by atoms with van der Waals surface area (Å²) >= 11 is 0. The zero-order valence-electron chi connectivity index (χ0n) is 11.3. The maximum atomic E-state index is 12.1. The van der Waals surface area contributed by atoms with Gasteiger partial charge in [0.25, 0.3) is 0 Å². The Morgan fingerprint density at radius 2 is 1.89 bits per heavy atom. The average molecular weight is 251 g/mol. The third-order valence-corrected chi connectivity index (χ3v) is 4.87. The van der Waals surface area contributed by atoms with Crippen molar-refractivity contribution < 1.29 is 4.79 Å². The number of amides is 1. The van der Waals surface area contributed by atoms with Gasteiger partial charge in [-0.3, -0.25) is 4.79 Å². The van der Waals surface area contributed by atoms with Crippen molar-refractivity contribution >= 4 is 5.91 Å². The zero-order valence-corrected chi connectivity index (χ0v) is 11.3. The normalized spacial score (nSPS) is 28.7. The smallest absolute Gasteiger partial charge is 0.223 e. The Morgan fingerprint density at radius 1 is 1.22 bits per heavy atom. The third-order valence-electron chi connectivity index (χ3n) is 4.87. The predicted octanol–water partition coefficient (Wildman–Crippen LogP) is 0.585. The van der Waals surface area contributed by atoms with Crippen molar-refractivity contribution in [2.45, 2.75) is 44.7 Å². The number of carbonyl (C=O) groups is 1. The van der Waals surface area contributed by atoms with E-state index in [0.29, 0.717) is 12.0 Å². The Bertz CT molecular complexity index is 304. The number of carbonyl (C=O) groups excluding carboxylic acids is 1. The van der Waals surface area contributed by atoms with Crippen molar-refractivity contribution in [3.05, 3.63) is 0 Å². The van der Waals surface area contributed by atoms with Gasteiger partial charge in [-0.1, -0.05) is 6.92 Å². The van der Waals surface area contributed by atoms with Gasteiger partial charge in [0.2, 0.25) is 5.91 Å². The number of rotatable bonds is 4. The Kier molecular flexibility index (Phi) is 3.57. The second-order valence-electron chi connectivity index (χ2n) is 6.26. The van der Waals surface area contributed by atoms with Gasteiger partial charge in [-0.2, -0.15) is 0 Å². The van der Waals surface area contributed by atoms with Crippen molar-refractivity contribution in [1.82, 2.24) is 15.5 Å². The molecule has 4 nitrogen and oxygen atoms in total. The maximum absolute atomic E-state index is 12.1. The van der Waals surface area contributed by atoms with Crippen LogP contribution in [0.3, 0.4) is 0 Å². The molecule has 2 N–H and O–H groups in total. The highest BCUT2D eigenvalue weighted by molar-refractivity contribution is 5.79. The largest absolute Gasteiger partial charge is 0.353 e. The minimum atomic E-state index is 0.174. The molecule has 0 aromatic rings. The molecule has 18 heavy (non-hydrogen) atoms. The van der Waals surface area contributed by atoms with Gasteiger partial charge >= 0.3 is 0 Å². The van der Waals surface area contributed by atoms with Crippen LogP contribution in [-0.4, -0.2) is 49.1 Å². The van der Waals surface area contributed by atoms with Gasteiger partial charge in [0.1, 0.15) is 0 Å². The summed E-state index contributed by atoms with van der Waals surface area (Å²) in [6.45, 7) is 6.44. The van der Waals surface area contributed by atoms with Crippen LogP contribution in [0.2, 0.25) is 0 Å². The van der Waals surface area contributed by atoms with Gasteiger partial charge in [-0.25, -0.2) is 0 Å². The lowest BCUT2D eigenvalue weighted by atomic mass is 9.88. The van der Waals surface area contributed by atoms with Gasteiger partial charge in [0, 0.05) is 31.1 Å². The molecule has 4 heteroatoms. The number of piperidine rings is 1. The van der Waals surface area contributed by atoms with E-state index in [-0.39, 0.29) is 11.8 Å². The molecule has 1 amide bonds. The van der Waals surface area contributed by atoms with Crippen LogP contribution in [0.15, 0.2) is 0 Å². The van der Waals surface area contributed by atoms with Gasteiger partial charge in [0.05, 0.1) is 0 Å². The fourth-order valence-corrected chi connectivity index (χ4v) is 3.06. The first-order chi connectivity index (χ1) is 8.74. The van der Waals surface area contributed by atoms with Gasteiger partial charge in [-0.05, 0) is 44.7 Å². The molecule has 0 bridgehead atoms. The molecule has 3 fully saturated rings. The van der Waals surface area contributed by atoms with Crippen LogP contribution in [0.25, 0.3) is 0 Å². The molecule has 1 atom stereocenters. The van der Waals surface area contributed by atoms with Crippen LogP contribution in [0.5, 0.6) is 0 Å². The van der Waals surface area contributed by atoms with E-state index < -0.39 is 0 Å². The molecule has 102 valence electrons. The number of hydrogen-bond acceptors (Lipinski definition) is 3. The minimum Gasteiger partial charge on any atom is -0.353 e. The standard InChI is InChI=1S/C14H25N3O/c1-10(11-8-15-9-11)14(18)16-12-4-6-17(7-5-12)13-2-3-13/h10-13,15H,2-9H2,1H3,(H,16,18). The first-order valence-corrected chi connectivity index (χ1v) is 7.49. The Balaban J connectivity index is 1.41. The summed E-state index contributed by atoms with van der Waals surface area (Å²) < 4.78 is 0. The molecule has 0 aromatic carbocycles. The Labute approximate surface area is 109 Å². The van der Waals surface area contributed by atoms with Gasteiger partial charge < -0.3 is 15.5 Å². The summed E-state index contributed by atoms with van der Waals surface area (Å²) in [5, 5.41) is 6.49. The van der Waals surface area contributed by atoms with Crippen molar-refractivity contribution in [3.63, 3.8) is 0 Å². The molecule has 1 unspecified atom stereocenters. The Morgan fingerprint density at radius 3 is 2.39 bits per heavy atom. The molecule has 1 aliphatic carbocycles. The molecule has 1 saturated carbocycles. The number of nitrogens with zero attached hydrogens (tertiary/aromatic N) is 1. The van der Waals surface area contributed by atoms with Crippen molar-refractivity contribution in [2.24, 2.45) is 11.8 Å². The molecule has 0 aromatic heterocycles. The molecule has 2 heterocycles. The van der Waals surface area contributed by atoms with Crippen LogP contribution in [0.4, 0.5) is 0 Å². The van der Waals surface area contributed by atoms with Crippen molar-refractivity contribution in [3.8, 4) is 0 Å². The summed E-state index contributed by atoms with van der Waals surface area (Å²) in [6, 6.07) is 1.30. The predicted molar refractivity (Wildman–Crippen MR) is 71.3 cm³/mol. The van der Waals surface area contributed by atoms with E-state index in [9.17, 15) is 4.79 Å². The van der Waals surface area contributed by atoms with Crippen LogP contribution in [0, 0.1) is 11.8 Å². The second kappa shape index (κ2) is 5.17. The van der Waals surface area contributed by atoms with E-state index >= 15 is 0 Å². The molecule has 0 radical (unpaired) electrons. The minimum absolute atomic E-state index is 0.174. The van der Waals surface area contributed by atoms with E-state index in [2.05, 4.69) is 22.5 Å². The number of hydrogen-bond donors (Lipinski definition) is 2. The molecule has 3 rings (SSSR count). The summed E-state index contributed by atoms with van der Waals surface area (Å²) in [6.07, 6.45) is 5.06. The van der Waals surface area contributed by atoms with Crippen LogP contribution in [0.1, 0.15) is 32.6 Å². The highest BCUT2D eigenvalue weighted by Gasteiger charge is 2.33. The first kappa shape index (κ1) is 12.4. The second-order valence-corrected chi connectivity index (χ2v) is 6.26. The van der Waals surface area contributed by atoms with Crippen LogP contribution in [-0.2, 0) is 4.79 Å². The molecular weight excluding hydrogens is 226 g/mol. The summed E-state index contributed by atoms with van der Waals surface area (Å²) in [5.41, 5.74) is 0. The van der Waals surface area contributed by atoms with Crippen molar-refractivity contribution in [1.29, 1.82) is 0 Å². The van der Waals surface area contributed by atoms with Crippen LogP contribution >= 0.6 is 0 Å².